The summed E-state index contributed by atoms with van der Waals surface area (Å²) in [5.74, 6) is 0. The van der Waals surface area contributed by atoms with Gasteiger partial charge in [-0.2, -0.15) is 0 Å². The highest BCUT2D eigenvalue weighted by molar-refractivity contribution is 5.81. The second-order valence-electron chi connectivity index (χ2n) is 6.49. The molecule has 3 heteroatoms. The Morgan fingerprint density at radius 1 is 1.14 bits per heavy atom. The lowest BCUT2D eigenvalue weighted by Crippen LogP contribution is -2.49. The van der Waals surface area contributed by atoms with Crippen molar-refractivity contribution >= 4 is 10.8 Å². The lowest BCUT2D eigenvalue weighted by molar-refractivity contribution is 0.153. The van der Waals surface area contributed by atoms with Gasteiger partial charge in [0.15, 0.2) is 0 Å². The van der Waals surface area contributed by atoms with Gasteiger partial charge in [-0.15, -0.1) is 0 Å². The highest BCUT2D eigenvalue weighted by Crippen LogP contribution is 2.33. The lowest BCUT2D eigenvalue weighted by Gasteiger charge is -2.36. The predicted octanol–water partition coefficient (Wildman–Crippen LogP) is 3.20. The normalized spacial score (nSPS) is 17.7. The van der Waals surface area contributed by atoms with Crippen LogP contribution in [-0.4, -0.2) is 36.1 Å². The third kappa shape index (κ3) is 3.09. The first kappa shape index (κ1) is 14.5. The molecule has 3 nitrogen and oxygen atoms in total. The van der Waals surface area contributed by atoms with Crippen molar-refractivity contribution in [2.45, 2.75) is 37.8 Å². The summed E-state index contributed by atoms with van der Waals surface area (Å²) in [4.78, 5) is 6.58. The van der Waals surface area contributed by atoms with Crippen LogP contribution in [0.3, 0.4) is 0 Å². The van der Waals surface area contributed by atoms with Crippen LogP contribution in [0.15, 0.2) is 36.7 Å². The second kappa shape index (κ2) is 6.12. The number of pyridine rings is 1. The molecule has 0 spiro atoms. The largest absolute Gasteiger partial charge is 0.311 e. The number of rotatable bonds is 5. The van der Waals surface area contributed by atoms with Crippen molar-refractivity contribution in [1.82, 2.24) is 15.2 Å². The van der Waals surface area contributed by atoms with Crippen LogP contribution in [0.5, 0.6) is 0 Å². The van der Waals surface area contributed by atoms with E-state index in [4.69, 9.17) is 0 Å². The molecule has 0 unspecified atom stereocenters. The van der Waals surface area contributed by atoms with E-state index >= 15 is 0 Å². The molecule has 0 amide bonds. The monoisotopic (exact) mass is 283 g/mol. The van der Waals surface area contributed by atoms with Gasteiger partial charge in [0, 0.05) is 36.4 Å². The van der Waals surface area contributed by atoms with Crippen LogP contribution in [0.1, 0.15) is 31.2 Å². The quantitative estimate of drug-likeness (QED) is 0.913. The Bertz CT molecular complexity index is 600. The fraction of sp³-hybridized carbons (Fsp3) is 0.500. The number of nitrogens with zero attached hydrogens (tertiary/aromatic N) is 2. The molecule has 0 saturated heterocycles. The van der Waals surface area contributed by atoms with Gasteiger partial charge in [-0.3, -0.25) is 4.98 Å². The third-order valence-corrected chi connectivity index (χ3v) is 4.97. The van der Waals surface area contributed by atoms with Crippen LogP contribution in [0, 0.1) is 0 Å². The van der Waals surface area contributed by atoms with Gasteiger partial charge < -0.3 is 10.2 Å². The second-order valence-corrected chi connectivity index (χ2v) is 6.49. The Morgan fingerprint density at radius 2 is 1.95 bits per heavy atom. The van der Waals surface area contributed by atoms with E-state index in [2.05, 4.69) is 53.6 Å². The first-order valence-corrected chi connectivity index (χ1v) is 7.90. The highest BCUT2D eigenvalue weighted by atomic mass is 15.2. The van der Waals surface area contributed by atoms with E-state index in [1.54, 1.807) is 0 Å². The van der Waals surface area contributed by atoms with Crippen molar-refractivity contribution in [3.63, 3.8) is 0 Å². The Kier molecular flexibility index (Phi) is 4.22. The average Bonchev–Trinajstić information content (AvgIpc) is 2.97. The van der Waals surface area contributed by atoms with Gasteiger partial charge in [0.1, 0.15) is 0 Å². The minimum Gasteiger partial charge on any atom is -0.311 e. The molecule has 21 heavy (non-hydrogen) atoms. The molecular formula is C18H25N3. The first-order chi connectivity index (χ1) is 10.2. The van der Waals surface area contributed by atoms with Gasteiger partial charge >= 0.3 is 0 Å². The number of fused-ring (bicyclic) bond motifs is 1. The van der Waals surface area contributed by atoms with E-state index in [-0.39, 0.29) is 0 Å². The zero-order valence-corrected chi connectivity index (χ0v) is 13.1. The topological polar surface area (TPSA) is 28.2 Å². The van der Waals surface area contributed by atoms with E-state index < -0.39 is 0 Å². The molecule has 1 aliphatic carbocycles. The summed E-state index contributed by atoms with van der Waals surface area (Å²) in [6, 6.07) is 8.71. The highest BCUT2D eigenvalue weighted by Gasteiger charge is 2.35. The molecule has 0 radical (unpaired) electrons. The van der Waals surface area contributed by atoms with Crippen molar-refractivity contribution in [3.05, 3.63) is 42.2 Å². The number of nitrogens with one attached hydrogen (secondary N) is 1. The van der Waals surface area contributed by atoms with E-state index in [9.17, 15) is 0 Å². The molecule has 0 bridgehead atoms. The van der Waals surface area contributed by atoms with Gasteiger partial charge in [-0.1, -0.05) is 25.0 Å². The van der Waals surface area contributed by atoms with E-state index in [1.165, 1.54) is 42.0 Å². The first-order valence-electron chi connectivity index (χ1n) is 7.90. The van der Waals surface area contributed by atoms with Crippen molar-refractivity contribution in [3.8, 4) is 0 Å². The standard InChI is InChI=1S/C18H25N3/c1-21(2)18(8-3-4-9-18)14-20-12-15-5-6-17-13-19-10-7-16(17)11-15/h5-7,10-11,13,20H,3-4,8-9,12,14H2,1-2H3. The zero-order chi connectivity index (χ0) is 14.7. The predicted molar refractivity (Wildman–Crippen MR) is 88.3 cm³/mol. The average molecular weight is 283 g/mol. The zero-order valence-electron chi connectivity index (χ0n) is 13.1. The molecule has 1 N–H and O–H groups in total. The fourth-order valence-corrected chi connectivity index (χ4v) is 3.50. The number of aromatic nitrogens is 1. The smallest absolute Gasteiger partial charge is 0.0346 e. The maximum atomic E-state index is 4.16. The van der Waals surface area contributed by atoms with E-state index in [0.29, 0.717) is 5.54 Å². The summed E-state index contributed by atoms with van der Waals surface area (Å²) in [5, 5.41) is 6.15. The van der Waals surface area contributed by atoms with Gasteiger partial charge in [0.05, 0.1) is 0 Å². The van der Waals surface area contributed by atoms with Gasteiger partial charge in [-0.05, 0) is 50.0 Å². The SMILES string of the molecule is CN(C)C1(CNCc2ccc3cnccc3c2)CCCC1. The summed E-state index contributed by atoms with van der Waals surface area (Å²) in [6.07, 6.45) is 9.14. The van der Waals surface area contributed by atoms with Gasteiger partial charge in [-0.25, -0.2) is 0 Å². The van der Waals surface area contributed by atoms with Crippen LogP contribution in [0.2, 0.25) is 0 Å². The fourth-order valence-electron chi connectivity index (χ4n) is 3.50. The summed E-state index contributed by atoms with van der Waals surface area (Å²) in [5.41, 5.74) is 1.71. The molecule has 0 atom stereocenters. The summed E-state index contributed by atoms with van der Waals surface area (Å²) < 4.78 is 0. The van der Waals surface area contributed by atoms with Crippen molar-refractivity contribution in [1.29, 1.82) is 0 Å². The molecule has 112 valence electrons. The van der Waals surface area contributed by atoms with Crippen LogP contribution >= 0.6 is 0 Å². The molecule has 0 aliphatic heterocycles. The molecular weight excluding hydrogens is 258 g/mol. The Balaban J connectivity index is 1.63. The Labute approximate surface area is 127 Å². The summed E-state index contributed by atoms with van der Waals surface area (Å²) >= 11 is 0. The molecule has 2 aromatic rings. The minimum absolute atomic E-state index is 0.362. The van der Waals surface area contributed by atoms with Crippen LogP contribution in [0.4, 0.5) is 0 Å². The minimum atomic E-state index is 0.362. The lowest BCUT2D eigenvalue weighted by atomic mass is 9.96. The van der Waals surface area contributed by atoms with Crippen LogP contribution in [-0.2, 0) is 6.54 Å². The number of likely N-dealkylation sites (N-methyl/N-ethyl adjacent to an activating group) is 1. The van der Waals surface area contributed by atoms with Gasteiger partial charge in [0.2, 0.25) is 0 Å². The van der Waals surface area contributed by atoms with Crippen LogP contribution in [0.25, 0.3) is 10.8 Å². The molecule has 1 aliphatic rings. The van der Waals surface area contributed by atoms with E-state index in [1.807, 2.05) is 12.4 Å². The molecule has 1 fully saturated rings. The molecule has 1 saturated carbocycles. The summed E-state index contributed by atoms with van der Waals surface area (Å²) in [7, 11) is 4.44. The molecule has 1 aromatic carbocycles. The number of benzene rings is 1. The Hall–Kier alpha value is -1.45. The van der Waals surface area contributed by atoms with Crippen molar-refractivity contribution in [2.24, 2.45) is 0 Å². The van der Waals surface area contributed by atoms with Crippen LogP contribution < -0.4 is 5.32 Å². The maximum Gasteiger partial charge on any atom is 0.0346 e. The summed E-state index contributed by atoms with van der Waals surface area (Å²) in [6.45, 7) is 2.02. The van der Waals surface area contributed by atoms with E-state index in [0.717, 1.165) is 13.1 Å². The number of hydrogen-bond acceptors (Lipinski definition) is 3. The van der Waals surface area contributed by atoms with Gasteiger partial charge in [0.25, 0.3) is 0 Å². The third-order valence-electron chi connectivity index (χ3n) is 4.97. The Morgan fingerprint density at radius 3 is 2.71 bits per heavy atom. The molecule has 3 rings (SSSR count). The maximum absolute atomic E-state index is 4.16. The molecule has 1 aromatic heterocycles. The van der Waals surface area contributed by atoms with Crippen molar-refractivity contribution < 1.29 is 0 Å². The molecule has 1 heterocycles. The number of hydrogen-bond donors (Lipinski definition) is 1. The van der Waals surface area contributed by atoms with Crippen molar-refractivity contribution in [2.75, 3.05) is 20.6 Å².